The lowest BCUT2D eigenvalue weighted by Crippen LogP contribution is -2.17. The second-order valence-electron chi connectivity index (χ2n) is 5.37. The van der Waals surface area contributed by atoms with E-state index in [1.54, 1.807) is 18.3 Å². The van der Waals surface area contributed by atoms with E-state index in [1.807, 2.05) is 6.92 Å². The lowest BCUT2D eigenvalue weighted by atomic mass is 10.2. The monoisotopic (exact) mass is 367 g/mol. The van der Waals surface area contributed by atoms with Crippen molar-refractivity contribution in [3.8, 4) is 0 Å². The lowest BCUT2D eigenvalue weighted by Gasteiger charge is -2.10. The van der Waals surface area contributed by atoms with E-state index in [0.717, 1.165) is 12.1 Å². The van der Waals surface area contributed by atoms with Crippen LogP contribution in [0.15, 0.2) is 42.6 Å². The number of nitrogens with zero attached hydrogens (tertiary/aromatic N) is 2. The van der Waals surface area contributed by atoms with Crippen LogP contribution < -0.4 is 5.32 Å². The summed E-state index contributed by atoms with van der Waals surface area (Å²) in [6.07, 6.45) is -2.44. The van der Waals surface area contributed by atoms with Gasteiger partial charge in [0, 0.05) is 11.9 Å². The molecule has 1 N–H and O–H groups in total. The van der Waals surface area contributed by atoms with Crippen molar-refractivity contribution in [3.05, 3.63) is 64.6 Å². The van der Waals surface area contributed by atoms with Crippen molar-refractivity contribution >= 4 is 28.8 Å². The van der Waals surface area contributed by atoms with E-state index in [0.29, 0.717) is 22.8 Å². The third-order valence-electron chi connectivity index (χ3n) is 3.65. The first-order chi connectivity index (χ1) is 11.8. The predicted octanol–water partition coefficient (Wildman–Crippen LogP) is 4.82. The SMILES string of the molecule is CCc1nc2ccc(Cl)cn2c1C(=O)Nc1cccc(C(F)(F)F)c1. The molecular weight excluding hydrogens is 355 g/mol. The van der Waals surface area contributed by atoms with Crippen molar-refractivity contribution in [2.75, 3.05) is 5.32 Å². The van der Waals surface area contributed by atoms with Crippen LogP contribution in [-0.4, -0.2) is 15.3 Å². The molecule has 0 aliphatic rings. The van der Waals surface area contributed by atoms with Gasteiger partial charge in [-0.25, -0.2) is 4.98 Å². The Morgan fingerprint density at radius 2 is 2.04 bits per heavy atom. The number of imidazole rings is 1. The van der Waals surface area contributed by atoms with Crippen molar-refractivity contribution in [1.82, 2.24) is 9.38 Å². The number of pyridine rings is 1. The number of aromatic nitrogens is 2. The molecule has 0 spiro atoms. The van der Waals surface area contributed by atoms with Crippen LogP contribution in [0.5, 0.6) is 0 Å². The van der Waals surface area contributed by atoms with E-state index >= 15 is 0 Å². The number of halogens is 4. The standard InChI is InChI=1S/C17H13ClF3N3O/c1-2-13-15(24-9-11(18)6-7-14(24)23-13)16(25)22-12-5-3-4-10(8-12)17(19,20)21/h3-9H,2H2,1H3,(H,22,25). The van der Waals surface area contributed by atoms with Crippen molar-refractivity contribution in [1.29, 1.82) is 0 Å². The molecule has 130 valence electrons. The Hall–Kier alpha value is -2.54. The van der Waals surface area contributed by atoms with Crippen LogP contribution in [-0.2, 0) is 12.6 Å². The van der Waals surface area contributed by atoms with Crippen LogP contribution in [0.3, 0.4) is 0 Å². The Kier molecular flexibility index (Phi) is 4.43. The largest absolute Gasteiger partial charge is 0.416 e. The number of aryl methyl sites for hydroxylation is 1. The van der Waals surface area contributed by atoms with Gasteiger partial charge in [-0.1, -0.05) is 24.6 Å². The highest BCUT2D eigenvalue weighted by Crippen LogP contribution is 2.31. The minimum absolute atomic E-state index is 0.0545. The molecule has 1 aromatic carbocycles. The van der Waals surface area contributed by atoms with Crippen molar-refractivity contribution in [2.24, 2.45) is 0 Å². The number of hydrogen-bond acceptors (Lipinski definition) is 2. The molecule has 2 heterocycles. The zero-order valence-electron chi connectivity index (χ0n) is 13.1. The number of nitrogens with one attached hydrogen (secondary N) is 1. The van der Waals surface area contributed by atoms with Gasteiger partial charge in [-0.05, 0) is 36.8 Å². The summed E-state index contributed by atoms with van der Waals surface area (Å²) in [4.78, 5) is 17.0. The van der Waals surface area contributed by atoms with E-state index in [2.05, 4.69) is 10.3 Å². The number of benzene rings is 1. The van der Waals surface area contributed by atoms with Crippen LogP contribution in [0, 0.1) is 0 Å². The van der Waals surface area contributed by atoms with E-state index in [-0.39, 0.29) is 11.4 Å². The van der Waals surface area contributed by atoms with Crippen LogP contribution in [0.2, 0.25) is 5.02 Å². The van der Waals surface area contributed by atoms with Gasteiger partial charge in [0.1, 0.15) is 11.3 Å². The molecule has 0 radical (unpaired) electrons. The second kappa shape index (κ2) is 6.40. The number of hydrogen-bond donors (Lipinski definition) is 1. The quantitative estimate of drug-likeness (QED) is 0.721. The van der Waals surface area contributed by atoms with Crippen LogP contribution in [0.1, 0.15) is 28.7 Å². The summed E-state index contributed by atoms with van der Waals surface area (Å²) in [5, 5.41) is 2.92. The maximum atomic E-state index is 12.8. The summed E-state index contributed by atoms with van der Waals surface area (Å²) in [7, 11) is 0. The fraction of sp³-hybridized carbons (Fsp3) is 0.176. The Morgan fingerprint density at radius 3 is 2.72 bits per heavy atom. The highest BCUT2D eigenvalue weighted by Gasteiger charge is 2.30. The third kappa shape index (κ3) is 3.46. The second-order valence-corrected chi connectivity index (χ2v) is 5.81. The minimum Gasteiger partial charge on any atom is -0.321 e. The molecule has 0 saturated carbocycles. The third-order valence-corrected chi connectivity index (χ3v) is 3.88. The molecule has 0 fully saturated rings. The fourth-order valence-electron chi connectivity index (χ4n) is 2.52. The molecule has 0 saturated heterocycles. The normalized spacial score (nSPS) is 11.7. The van der Waals surface area contributed by atoms with Crippen LogP contribution >= 0.6 is 11.6 Å². The van der Waals surface area contributed by atoms with Gasteiger partial charge in [0.15, 0.2) is 0 Å². The summed E-state index contributed by atoms with van der Waals surface area (Å²) in [6.45, 7) is 1.84. The van der Waals surface area contributed by atoms with Gasteiger partial charge in [-0.2, -0.15) is 13.2 Å². The summed E-state index contributed by atoms with van der Waals surface area (Å²) >= 11 is 5.97. The first-order valence-corrected chi connectivity index (χ1v) is 7.82. The molecule has 2 aromatic heterocycles. The molecule has 4 nitrogen and oxygen atoms in total. The topological polar surface area (TPSA) is 46.4 Å². The minimum atomic E-state index is -4.48. The molecular formula is C17H13ClF3N3O. The molecule has 0 aliphatic carbocycles. The zero-order valence-corrected chi connectivity index (χ0v) is 13.8. The van der Waals surface area contributed by atoms with Gasteiger partial charge < -0.3 is 5.32 Å². The first-order valence-electron chi connectivity index (χ1n) is 7.44. The average Bonchev–Trinajstić information content (AvgIpc) is 2.92. The summed E-state index contributed by atoms with van der Waals surface area (Å²) < 4.78 is 40.0. The highest BCUT2D eigenvalue weighted by molar-refractivity contribution is 6.30. The zero-order chi connectivity index (χ0) is 18.2. The Balaban J connectivity index is 1.99. The lowest BCUT2D eigenvalue weighted by molar-refractivity contribution is -0.137. The van der Waals surface area contributed by atoms with E-state index in [1.165, 1.54) is 16.5 Å². The number of amides is 1. The molecule has 1 amide bonds. The molecule has 0 aliphatic heterocycles. The Morgan fingerprint density at radius 1 is 1.28 bits per heavy atom. The highest BCUT2D eigenvalue weighted by atomic mass is 35.5. The smallest absolute Gasteiger partial charge is 0.321 e. The Bertz CT molecular complexity index is 950. The van der Waals surface area contributed by atoms with Gasteiger partial charge in [0.05, 0.1) is 16.3 Å². The van der Waals surface area contributed by atoms with E-state index in [4.69, 9.17) is 11.6 Å². The molecule has 3 rings (SSSR count). The molecule has 0 unspecified atom stereocenters. The van der Waals surface area contributed by atoms with Crippen LogP contribution in [0.4, 0.5) is 18.9 Å². The summed E-state index contributed by atoms with van der Waals surface area (Å²) in [5.41, 5.74) is 0.542. The van der Waals surface area contributed by atoms with Crippen molar-refractivity contribution < 1.29 is 18.0 Å². The molecule has 8 heteroatoms. The number of alkyl halides is 3. The first kappa shape index (κ1) is 17.3. The van der Waals surface area contributed by atoms with Gasteiger partial charge >= 0.3 is 6.18 Å². The average molecular weight is 368 g/mol. The van der Waals surface area contributed by atoms with E-state index in [9.17, 15) is 18.0 Å². The summed E-state index contributed by atoms with van der Waals surface area (Å²) in [5.74, 6) is -0.550. The fourth-order valence-corrected chi connectivity index (χ4v) is 2.68. The van der Waals surface area contributed by atoms with Crippen LogP contribution in [0.25, 0.3) is 5.65 Å². The Labute approximate surface area is 146 Å². The van der Waals surface area contributed by atoms with Gasteiger partial charge in [-0.15, -0.1) is 0 Å². The number of carbonyl (C=O) groups is 1. The predicted molar refractivity (Wildman–Crippen MR) is 89.0 cm³/mol. The van der Waals surface area contributed by atoms with E-state index < -0.39 is 17.6 Å². The van der Waals surface area contributed by atoms with Gasteiger partial charge in [0.25, 0.3) is 5.91 Å². The molecule has 25 heavy (non-hydrogen) atoms. The summed E-state index contributed by atoms with van der Waals surface area (Å²) in [6, 6.07) is 7.79. The number of anilines is 1. The van der Waals surface area contributed by atoms with Gasteiger partial charge in [-0.3, -0.25) is 9.20 Å². The molecule has 3 aromatic rings. The maximum Gasteiger partial charge on any atom is 0.416 e. The number of fused-ring (bicyclic) bond motifs is 1. The van der Waals surface area contributed by atoms with Crippen molar-refractivity contribution in [3.63, 3.8) is 0 Å². The number of carbonyl (C=O) groups excluding carboxylic acids is 1. The van der Waals surface area contributed by atoms with Crippen molar-refractivity contribution in [2.45, 2.75) is 19.5 Å². The maximum absolute atomic E-state index is 12.8. The molecule has 0 atom stereocenters. The van der Waals surface area contributed by atoms with Gasteiger partial charge in [0.2, 0.25) is 0 Å². The number of rotatable bonds is 3. The molecule has 0 bridgehead atoms.